The van der Waals surface area contributed by atoms with E-state index in [4.69, 9.17) is 17.0 Å². The number of hydrogen-bond donors (Lipinski definition) is 2. The second-order valence-corrected chi connectivity index (χ2v) is 7.24. The van der Waals surface area contributed by atoms with Gasteiger partial charge in [0.25, 0.3) is 0 Å². The molecule has 2 aliphatic rings. The van der Waals surface area contributed by atoms with Gasteiger partial charge in [-0.1, -0.05) is 0 Å². The number of piperidine rings is 1. The molecular weight excluding hydrogens is 363 g/mol. The Morgan fingerprint density at radius 2 is 1.65 bits per heavy atom. The van der Waals surface area contributed by atoms with Gasteiger partial charge in [0.15, 0.2) is 5.11 Å². The first-order chi connectivity index (χ1) is 12.4. The van der Waals surface area contributed by atoms with Crippen molar-refractivity contribution < 1.29 is 17.9 Å². The quantitative estimate of drug-likeness (QED) is 0.775. The highest BCUT2D eigenvalue weighted by molar-refractivity contribution is 7.80. The predicted octanol–water partition coefficient (Wildman–Crippen LogP) is 3.64. The lowest BCUT2D eigenvalue weighted by molar-refractivity contribution is -0.137. The topological polar surface area (TPSA) is 36.5 Å². The van der Waals surface area contributed by atoms with Crippen molar-refractivity contribution >= 4 is 23.0 Å². The van der Waals surface area contributed by atoms with Crippen molar-refractivity contribution in [3.05, 3.63) is 29.8 Å². The molecule has 0 spiro atoms. The molecule has 1 aromatic rings. The van der Waals surface area contributed by atoms with Crippen LogP contribution < -0.4 is 10.6 Å². The molecule has 2 aliphatic heterocycles. The van der Waals surface area contributed by atoms with E-state index >= 15 is 0 Å². The fraction of sp³-hybridized carbons (Fsp3) is 0.611. The lowest BCUT2D eigenvalue weighted by Crippen LogP contribution is -2.49. The molecule has 0 atom stereocenters. The average molecular weight is 387 g/mol. The van der Waals surface area contributed by atoms with E-state index in [0.717, 1.165) is 64.1 Å². The Hall–Kier alpha value is -1.38. The number of alkyl halides is 3. The molecule has 2 fully saturated rings. The van der Waals surface area contributed by atoms with Crippen LogP contribution in [0.15, 0.2) is 24.3 Å². The lowest BCUT2D eigenvalue weighted by Gasteiger charge is -2.39. The number of rotatable bonds is 3. The number of nitrogens with one attached hydrogen (secondary N) is 2. The van der Waals surface area contributed by atoms with E-state index in [1.807, 2.05) is 0 Å². The van der Waals surface area contributed by atoms with Crippen LogP contribution in [0.1, 0.15) is 31.2 Å². The molecule has 1 aromatic carbocycles. The van der Waals surface area contributed by atoms with Gasteiger partial charge in [0.1, 0.15) is 0 Å². The van der Waals surface area contributed by atoms with Gasteiger partial charge in [0, 0.05) is 44.1 Å². The van der Waals surface area contributed by atoms with Crippen LogP contribution >= 0.6 is 12.2 Å². The lowest BCUT2D eigenvalue weighted by atomic mass is 10.00. The fourth-order valence-corrected chi connectivity index (χ4v) is 3.84. The maximum absolute atomic E-state index is 12.6. The highest BCUT2D eigenvalue weighted by Gasteiger charge is 2.30. The van der Waals surface area contributed by atoms with Crippen molar-refractivity contribution in [1.82, 2.24) is 10.2 Å². The van der Waals surface area contributed by atoms with Gasteiger partial charge in [-0.3, -0.25) is 0 Å². The zero-order valence-corrected chi connectivity index (χ0v) is 15.3. The zero-order chi connectivity index (χ0) is 18.6. The summed E-state index contributed by atoms with van der Waals surface area (Å²) in [6, 6.07) is 5.81. The number of thiocarbonyl (C=S) groups is 1. The largest absolute Gasteiger partial charge is 0.416 e. The molecule has 0 aliphatic carbocycles. The Kier molecular flexibility index (Phi) is 6.37. The smallest absolute Gasteiger partial charge is 0.381 e. The molecule has 8 heteroatoms. The summed E-state index contributed by atoms with van der Waals surface area (Å²) in [6.45, 7) is 3.77. The third kappa shape index (κ3) is 5.31. The van der Waals surface area contributed by atoms with Crippen molar-refractivity contribution in [2.75, 3.05) is 31.6 Å². The Labute approximate surface area is 157 Å². The van der Waals surface area contributed by atoms with Crippen molar-refractivity contribution in [3.63, 3.8) is 0 Å². The summed E-state index contributed by atoms with van der Waals surface area (Å²) < 4.78 is 43.2. The summed E-state index contributed by atoms with van der Waals surface area (Å²) in [7, 11) is 0. The van der Waals surface area contributed by atoms with E-state index in [1.54, 1.807) is 0 Å². The third-order valence-electron chi connectivity index (χ3n) is 5.04. The number of anilines is 1. The number of hydrogen-bond acceptors (Lipinski definition) is 3. The normalized spacial score (nSPS) is 20.7. The van der Waals surface area contributed by atoms with Gasteiger partial charge in [-0.15, -0.1) is 0 Å². The monoisotopic (exact) mass is 387 g/mol. The van der Waals surface area contributed by atoms with Crippen molar-refractivity contribution in [3.8, 4) is 0 Å². The molecule has 2 heterocycles. The molecule has 144 valence electrons. The van der Waals surface area contributed by atoms with Crippen LogP contribution in [0.4, 0.5) is 18.9 Å². The van der Waals surface area contributed by atoms with Gasteiger partial charge in [-0.25, -0.2) is 0 Å². The van der Waals surface area contributed by atoms with Gasteiger partial charge in [-0.2, -0.15) is 13.2 Å². The number of halogens is 3. The summed E-state index contributed by atoms with van der Waals surface area (Å²) in [6.07, 6.45) is -0.105. The molecule has 0 unspecified atom stereocenters. The summed E-state index contributed by atoms with van der Waals surface area (Å²) in [5.41, 5.74) is -0.113. The van der Waals surface area contributed by atoms with E-state index < -0.39 is 11.7 Å². The standard InChI is InChI=1S/C18H24F3N3OS/c19-18(20,21)13-1-3-14(4-2-13)22-17(26)23-15-5-9-24(10-6-15)16-7-11-25-12-8-16/h1-4,15-16H,5-12H2,(H2,22,23,26). The fourth-order valence-electron chi connectivity index (χ4n) is 3.55. The Morgan fingerprint density at radius 3 is 2.23 bits per heavy atom. The first-order valence-corrected chi connectivity index (χ1v) is 9.39. The van der Waals surface area contributed by atoms with Crippen LogP contribution in [0.2, 0.25) is 0 Å². The van der Waals surface area contributed by atoms with Gasteiger partial charge in [0.05, 0.1) is 5.56 Å². The van der Waals surface area contributed by atoms with E-state index in [-0.39, 0.29) is 0 Å². The Bertz CT molecular complexity index is 595. The predicted molar refractivity (Wildman–Crippen MR) is 99.2 cm³/mol. The van der Waals surface area contributed by atoms with Gasteiger partial charge < -0.3 is 20.3 Å². The number of benzene rings is 1. The van der Waals surface area contributed by atoms with Gasteiger partial charge >= 0.3 is 6.18 Å². The summed E-state index contributed by atoms with van der Waals surface area (Å²) in [4.78, 5) is 2.53. The zero-order valence-electron chi connectivity index (χ0n) is 14.5. The number of likely N-dealkylation sites (tertiary alicyclic amines) is 1. The van der Waals surface area contributed by atoms with Crippen LogP contribution in [0, 0.1) is 0 Å². The van der Waals surface area contributed by atoms with Crippen molar-refractivity contribution in [2.24, 2.45) is 0 Å². The Morgan fingerprint density at radius 1 is 1.04 bits per heavy atom. The molecule has 4 nitrogen and oxygen atoms in total. The van der Waals surface area contributed by atoms with Crippen molar-refractivity contribution in [2.45, 2.75) is 43.9 Å². The minimum atomic E-state index is -4.32. The number of ether oxygens (including phenoxy) is 1. The molecule has 0 amide bonds. The Balaban J connectivity index is 1.43. The maximum Gasteiger partial charge on any atom is 0.416 e. The van der Waals surface area contributed by atoms with E-state index in [1.165, 1.54) is 12.1 Å². The van der Waals surface area contributed by atoms with E-state index in [9.17, 15) is 13.2 Å². The molecular formula is C18H24F3N3OS. The highest BCUT2D eigenvalue weighted by Crippen LogP contribution is 2.29. The van der Waals surface area contributed by atoms with Gasteiger partial charge in [-0.05, 0) is 62.2 Å². The van der Waals surface area contributed by atoms with Crippen LogP contribution in [-0.2, 0) is 10.9 Å². The first-order valence-electron chi connectivity index (χ1n) is 8.98. The van der Waals surface area contributed by atoms with E-state index in [0.29, 0.717) is 22.9 Å². The molecule has 0 radical (unpaired) electrons. The van der Waals surface area contributed by atoms with Crippen LogP contribution in [0.25, 0.3) is 0 Å². The second kappa shape index (κ2) is 8.54. The summed E-state index contributed by atoms with van der Waals surface area (Å²) in [5, 5.41) is 6.70. The molecule has 3 rings (SSSR count). The third-order valence-corrected chi connectivity index (χ3v) is 5.26. The molecule has 2 saturated heterocycles. The summed E-state index contributed by atoms with van der Waals surface area (Å²) in [5.74, 6) is 0. The summed E-state index contributed by atoms with van der Waals surface area (Å²) >= 11 is 5.30. The van der Waals surface area contributed by atoms with Gasteiger partial charge in [0.2, 0.25) is 0 Å². The molecule has 0 aromatic heterocycles. The SMILES string of the molecule is FC(F)(F)c1ccc(NC(=S)NC2CCN(C3CCOCC3)CC2)cc1. The second-order valence-electron chi connectivity index (χ2n) is 6.83. The van der Waals surface area contributed by atoms with E-state index in [2.05, 4.69) is 15.5 Å². The molecule has 0 bridgehead atoms. The molecule has 0 saturated carbocycles. The molecule has 26 heavy (non-hydrogen) atoms. The average Bonchev–Trinajstić information content (AvgIpc) is 2.63. The first kappa shape index (κ1) is 19.4. The van der Waals surface area contributed by atoms with Crippen LogP contribution in [0.5, 0.6) is 0 Å². The van der Waals surface area contributed by atoms with Crippen LogP contribution in [-0.4, -0.2) is 48.4 Å². The molecule has 2 N–H and O–H groups in total. The minimum Gasteiger partial charge on any atom is -0.381 e. The van der Waals surface area contributed by atoms with Crippen molar-refractivity contribution in [1.29, 1.82) is 0 Å². The minimum absolute atomic E-state index is 0.292. The number of nitrogens with zero attached hydrogens (tertiary/aromatic N) is 1. The van der Waals surface area contributed by atoms with Crippen LogP contribution in [0.3, 0.4) is 0 Å². The highest BCUT2D eigenvalue weighted by atomic mass is 32.1. The maximum atomic E-state index is 12.6.